The lowest BCUT2D eigenvalue weighted by Crippen LogP contribution is -2.54. The van der Waals surface area contributed by atoms with E-state index in [0.29, 0.717) is 6.42 Å². The minimum Gasteiger partial charge on any atom is -0.468 e. The fourth-order valence-electron chi connectivity index (χ4n) is 2.71. The van der Waals surface area contributed by atoms with E-state index in [1.54, 1.807) is 0 Å². The van der Waals surface area contributed by atoms with E-state index in [-0.39, 0.29) is 17.8 Å². The zero-order valence-corrected chi connectivity index (χ0v) is 9.07. The van der Waals surface area contributed by atoms with Gasteiger partial charge in [0.2, 0.25) is 0 Å². The van der Waals surface area contributed by atoms with Crippen molar-refractivity contribution in [3.8, 4) is 0 Å². The maximum Gasteiger partial charge on any atom is 0.317 e. The third-order valence-electron chi connectivity index (χ3n) is 3.50. The van der Waals surface area contributed by atoms with Gasteiger partial charge in [0.05, 0.1) is 7.11 Å². The van der Waals surface area contributed by atoms with E-state index in [0.717, 1.165) is 25.9 Å². The number of nitrogens with zero attached hydrogens (tertiary/aromatic N) is 1. The predicted molar refractivity (Wildman–Crippen MR) is 54.3 cm³/mol. The average Bonchev–Trinajstić information content (AvgIpc) is 2.28. The lowest BCUT2D eigenvalue weighted by molar-refractivity contribution is -0.155. The largest absolute Gasteiger partial charge is 0.468 e. The maximum absolute atomic E-state index is 11.7. The van der Waals surface area contributed by atoms with E-state index in [1.807, 2.05) is 0 Å². The number of carbonyl (C=O) groups is 2. The molecular formula is C11H17NO3. The molecular weight excluding hydrogens is 194 g/mol. The average molecular weight is 211 g/mol. The second-order valence-electron chi connectivity index (χ2n) is 4.32. The number of hydrogen-bond donors (Lipinski definition) is 0. The van der Waals surface area contributed by atoms with Gasteiger partial charge in [-0.3, -0.25) is 14.5 Å². The Bertz CT molecular complexity index is 269. The number of ether oxygens (including phenoxy) is 1. The van der Waals surface area contributed by atoms with Gasteiger partial charge >= 0.3 is 5.97 Å². The quantitative estimate of drug-likeness (QED) is 0.471. The molecule has 0 saturated carbocycles. The number of piperidine rings is 2. The van der Waals surface area contributed by atoms with Gasteiger partial charge in [0.1, 0.15) is 11.7 Å². The minimum atomic E-state index is -0.524. The van der Waals surface area contributed by atoms with Gasteiger partial charge in [-0.15, -0.1) is 0 Å². The first-order valence-electron chi connectivity index (χ1n) is 5.58. The molecule has 0 bridgehead atoms. The lowest BCUT2D eigenvalue weighted by atomic mass is 9.83. The number of methoxy groups -OCH3 is 1. The Morgan fingerprint density at radius 2 is 2.20 bits per heavy atom. The predicted octanol–water partition coefficient (Wildman–Crippen LogP) is 0.603. The highest BCUT2D eigenvalue weighted by atomic mass is 16.5. The molecule has 2 unspecified atom stereocenters. The molecule has 2 fully saturated rings. The molecule has 0 spiro atoms. The molecule has 0 aliphatic carbocycles. The Labute approximate surface area is 89.6 Å². The van der Waals surface area contributed by atoms with Crippen molar-refractivity contribution in [2.75, 3.05) is 20.2 Å². The van der Waals surface area contributed by atoms with Crippen molar-refractivity contribution >= 4 is 11.8 Å². The molecule has 2 rings (SSSR count). The fraction of sp³-hybridized carbons (Fsp3) is 0.818. The van der Waals surface area contributed by atoms with Gasteiger partial charge in [0.15, 0.2) is 0 Å². The molecule has 4 heteroatoms. The van der Waals surface area contributed by atoms with Gasteiger partial charge in [-0.05, 0) is 19.4 Å². The molecule has 0 N–H and O–H groups in total. The number of ketones is 1. The normalized spacial score (nSPS) is 32.2. The zero-order valence-electron chi connectivity index (χ0n) is 9.07. The summed E-state index contributed by atoms with van der Waals surface area (Å²) in [4.78, 5) is 25.6. The Kier molecular flexibility index (Phi) is 3.05. The maximum atomic E-state index is 11.7. The van der Waals surface area contributed by atoms with Crippen molar-refractivity contribution in [2.45, 2.75) is 31.7 Å². The number of fused-ring (bicyclic) bond motifs is 1. The molecule has 0 aromatic carbocycles. The van der Waals surface area contributed by atoms with Crippen molar-refractivity contribution in [2.24, 2.45) is 5.92 Å². The van der Waals surface area contributed by atoms with Crippen LogP contribution in [0.5, 0.6) is 0 Å². The Balaban J connectivity index is 2.16. The SMILES string of the molecule is COC(=O)C1C(=O)CCN2CCCCC12. The van der Waals surface area contributed by atoms with E-state index >= 15 is 0 Å². The van der Waals surface area contributed by atoms with Gasteiger partial charge in [0.25, 0.3) is 0 Å². The van der Waals surface area contributed by atoms with E-state index < -0.39 is 5.92 Å². The number of rotatable bonds is 1. The summed E-state index contributed by atoms with van der Waals surface area (Å²) in [7, 11) is 1.36. The van der Waals surface area contributed by atoms with Crippen LogP contribution in [-0.2, 0) is 14.3 Å². The second-order valence-corrected chi connectivity index (χ2v) is 4.32. The summed E-state index contributed by atoms with van der Waals surface area (Å²) >= 11 is 0. The Morgan fingerprint density at radius 3 is 2.93 bits per heavy atom. The fourth-order valence-corrected chi connectivity index (χ4v) is 2.71. The van der Waals surface area contributed by atoms with Crippen LogP contribution >= 0.6 is 0 Å². The molecule has 2 aliphatic heterocycles. The van der Waals surface area contributed by atoms with E-state index in [2.05, 4.69) is 4.90 Å². The first-order valence-corrected chi connectivity index (χ1v) is 5.58. The summed E-state index contributed by atoms with van der Waals surface area (Å²) in [6.45, 7) is 1.84. The lowest BCUT2D eigenvalue weighted by Gasteiger charge is -2.42. The highest BCUT2D eigenvalue weighted by Crippen LogP contribution is 2.29. The number of carbonyl (C=O) groups excluding carboxylic acids is 2. The topological polar surface area (TPSA) is 46.6 Å². The van der Waals surface area contributed by atoms with Crippen LogP contribution in [0.15, 0.2) is 0 Å². The van der Waals surface area contributed by atoms with Crippen molar-refractivity contribution in [1.29, 1.82) is 0 Å². The molecule has 2 saturated heterocycles. The molecule has 4 nitrogen and oxygen atoms in total. The summed E-state index contributed by atoms with van der Waals surface area (Å²) < 4.78 is 4.72. The molecule has 0 radical (unpaired) electrons. The molecule has 0 aromatic heterocycles. The molecule has 2 heterocycles. The van der Waals surface area contributed by atoms with Crippen LogP contribution in [0.2, 0.25) is 0 Å². The van der Waals surface area contributed by atoms with Crippen LogP contribution in [0, 0.1) is 5.92 Å². The first-order chi connectivity index (χ1) is 7.24. The minimum absolute atomic E-state index is 0.0602. The van der Waals surface area contributed by atoms with Crippen LogP contribution in [0.4, 0.5) is 0 Å². The highest BCUT2D eigenvalue weighted by Gasteiger charge is 2.42. The van der Waals surface area contributed by atoms with Gasteiger partial charge < -0.3 is 4.74 Å². The highest BCUT2D eigenvalue weighted by molar-refractivity contribution is 6.00. The third-order valence-corrected chi connectivity index (χ3v) is 3.50. The van der Waals surface area contributed by atoms with Crippen LogP contribution in [-0.4, -0.2) is 42.9 Å². The molecule has 2 atom stereocenters. The van der Waals surface area contributed by atoms with Crippen molar-refractivity contribution in [1.82, 2.24) is 4.90 Å². The third kappa shape index (κ3) is 1.91. The van der Waals surface area contributed by atoms with Crippen molar-refractivity contribution in [3.05, 3.63) is 0 Å². The van der Waals surface area contributed by atoms with E-state index in [4.69, 9.17) is 4.74 Å². The second kappa shape index (κ2) is 4.31. The molecule has 0 amide bonds. The van der Waals surface area contributed by atoms with Crippen LogP contribution in [0.25, 0.3) is 0 Å². The summed E-state index contributed by atoms with van der Waals surface area (Å²) in [5, 5.41) is 0. The van der Waals surface area contributed by atoms with Crippen molar-refractivity contribution < 1.29 is 14.3 Å². The standard InChI is InChI=1S/C11H17NO3/c1-15-11(14)10-8-4-2-3-6-12(8)7-5-9(10)13/h8,10H,2-7H2,1H3. The molecule has 2 aliphatic rings. The molecule has 84 valence electrons. The number of esters is 1. The van der Waals surface area contributed by atoms with Crippen LogP contribution in [0.3, 0.4) is 0 Å². The number of Topliss-reactive ketones (excluding diaryl/α,β-unsaturated/α-hetero) is 1. The Hall–Kier alpha value is -0.900. The van der Waals surface area contributed by atoms with Crippen LogP contribution < -0.4 is 0 Å². The monoisotopic (exact) mass is 211 g/mol. The first kappa shape index (κ1) is 10.6. The Morgan fingerprint density at radius 1 is 1.40 bits per heavy atom. The summed E-state index contributed by atoms with van der Waals surface area (Å²) in [6, 6.07) is 0.104. The van der Waals surface area contributed by atoms with Gasteiger partial charge in [-0.2, -0.15) is 0 Å². The van der Waals surface area contributed by atoms with E-state index in [9.17, 15) is 9.59 Å². The van der Waals surface area contributed by atoms with Crippen LogP contribution in [0.1, 0.15) is 25.7 Å². The summed E-state index contributed by atoms with van der Waals surface area (Å²) in [5.74, 6) is -0.814. The van der Waals surface area contributed by atoms with E-state index in [1.165, 1.54) is 13.5 Å². The van der Waals surface area contributed by atoms with Crippen molar-refractivity contribution in [3.63, 3.8) is 0 Å². The molecule has 0 aromatic rings. The summed E-state index contributed by atoms with van der Waals surface area (Å²) in [6.07, 6.45) is 3.74. The summed E-state index contributed by atoms with van der Waals surface area (Å²) in [5.41, 5.74) is 0. The van der Waals surface area contributed by atoms with Gasteiger partial charge in [-0.25, -0.2) is 0 Å². The zero-order chi connectivity index (χ0) is 10.8. The number of hydrogen-bond acceptors (Lipinski definition) is 4. The molecule has 15 heavy (non-hydrogen) atoms. The van der Waals surface area contributed by atoms with Gasteiger partial charge in [-0.1, -0.05) is 6.42 Å². The van der Waals surface area contributed by atoms with Gasteiger partial charge in [0, 0.05) is 19.0 Å². The smallest absolute Gasteiger partial charge is 0.317 e.